The topological polar surface area (TPSA) is 192 Å². The molecule has 4 N–H and O–H groups in total. The van der Waals surface area contributed by atoms with Gasteiger partial charge in [0.05, 0.1) is 38.1 Å². The Morgan fingerprint density at radius 1 is 0.767 bits per heavy atom. The molecule has 400 valence electrons. The van der Waals surface area contributed by atoms with Crippen LogP contribution in [0.2, 0.25) is 34.8 Å². The summed E-state index contributed by atoms with van der Waals surface area (Å²) in [6, 6.07) is 15.4. The van der Waals surface area contributed by atoms with Crippen LogP contribution in [0.4, 0.5) is 21.0 Å². The summed E-state index contributed by atoms with van der Waals surface area (Å²) in [5.41, 5.74) is 3.92. The summed E-state index contributed by atoms with van der Waals surface area (Å²) in [6.45, 7) is 32.7. The van der Waals surface area contributed by atoms with Crippen molar-refractivity contribution < 1.29 is 51.8 Å². The van der Waals surface area contributed by atoms with Crippen molar-refractivity contribution in [2.45, 2.75) is 149 Å². The maximum absolute atomic E-state index is 15.2. The Bertz CT molecular complexity index is 2410. The molecule has 1 aliphatic rings. The molecule has 0 saturated carbocycles. The van der Waals surface area contributed by atoms with Gasteiger partial charge in [0.25, 0.3) is 14.2 Å². The van der Waals surface area contributed by atoms with Crippen molar-refractivity contribution in [1.82, 2.24) is 15.5 Å². The van der Waals surface area contributed by atoms with Crippen LogP contribution in [0.25, 0.3) is 5.57 Å². The molecule has 1 heterocycles. The normalized spacial score (nSPS) is 14.8. The van der Waals surface area contributed by atoms with Crippen LogP contribution >= 0.6 is 0 Å². The summed E-state index contributed by atoms with van der Waals surface area (Å²) < 4.78 is 36.0. The van der Waals surface area contributed by atoms with Gasteiger partial charge in [0.15, 0.2) is 14.1 Å². The number of methoxy groups -OCH3 is 2. The van der Waals surface area contributed by atoms with Crippen molar-refractivity contribution in [3.05, 3.63) is 96.2 Å². The van der Waals surface area contributed by atoms with E-state index < -0.39 is 52.7 Å². The van der Waals surface area contributed by atoms with Crippen LogP contribution in [-0.4, -0.2) is 97.0 Å². The Labute approximate surface area is 435 Å². The number of rotatable bonds is 23. The molecular formula is C55H81N5O11Si2. The molecule has 0 radical (unpaired) electrons. The van der Waals surface area contributed by atoms with Gasteiger partial charge in [0.1, 0.15) is 36.8 Å². The number of carbonyl (C=O) groups is 5. The number of ether oxygens (including phenoxy) is 4. The van der Waals surface area contributed by atoms with E-state index in [1.54, 1.807) is 69.4 Å². The van der Waals surface area contributed by atoms with Gasteiger partial charge >= 0.3 is 12.2 Å². The third-order valence-corrected chi connectivity index (χ3v) is 24.4. The van der Waals surface area contributed by atoms with Gasteiger partial charge in [-0.05, 0) is 101 Å². The summed E-state index contributed by atoms with van der Waals surface area (Å²) in [5, 5.41) is 10.8. The lowest BCUT2D eigenvalue weighted by Crippen LogP contribution is -2.53. The van der Waals surface area contributed by atoms with E-state index in [1.165, 1.54) is 13.0 Å². The van der Waals surface area contributed by atoms with Crippen LogP contribution in [-0.2, 0) is 30.1 Å². The Morgan fingerprint density at radius 2 is 1.38 bits per heavy atom. The summed E-state index contributed by atoms with van der Waals surface area (Å²) >= 11 is 0. The minimum atomic E-state index is -2.58. The largest absolute Gasteiger partial charge is 0.540 e. The molecule has 16 nitrogen and oxygen atoms in total. The second-order valence-electron chi connectivity index (χ2n) is 21.4. The first-order valence-electron chi connectivity index (χ1n) is 25.1. The van der Waals surface area contributed by atoms with E-state index >= 15 is 4.79 Å². The molecule has 0 aliphatic carbocycles. The number of hydrogen-bond acceptors (Lipinski definition) is 11. The van der Waals surface area contributed by atoms with E-state index in [-0.39, 0.29) is 64.0 Å². The molecule has 1 aliphatic heterocycles. The number of anilines is 2. The van der Waals surface area contributed by atoms with Crippen molar-refractivity contribution in [2.75, 3.05) is 38.1 Å². The number of benzene rings is 3. The molecule has 0 bridgehead atoms. The smallest absolute Gasteiger partial charge is 0.411 e. The monoisotopic (exact) mass is 1040 g/mol. The first kappa shape index (κ1) is 59.4. The fourth-order valence-corrected chi connectivity index (χ4v) is 15.0. The van der Waals surface area contributed by atoms with Crippen LogP contribution in [0.15, 0.2) is 79.5 Å². The molecule has 0 unspecified atom stereocenters. The van der Waals surface area contributed by atoms with Crippen LogP contribution in [0, 0.1) is 5.92 Å². The minimum Gasteiger partial charge on any atom is -0.540 e. The standard InChI is InChI=1S/C55H81N5O11Si2/c1-18-27-68-54(65)59-49(34(2)3)51(62)56-38(10)50(61)57-42-23-19-39(20-24-42)32-69-53(64)58-46-30-48(71-73(35(4)5,36(6)7)37(8)9)47(67-15)29-45(46)52(63)60-31-41(40-21-25-44(66-14)26-22-40)28-43(60)33-70-72(16,17)55(11,12)13/h18-26,29-31,34-38,43,49H,1,27-28,32-33H2,2-17H3,(H,56,62)(H,57,61)(H,58,64)(H,59,65)/t38-,43-,49-/m0/s1. The third kappa shape index (κ3) is 15.2. The fraction of sp³-hybridized carbons (Fsp3) is 0.509. The molecule has 5 amide bonds. The van der Waals surface area contributed by atoms with Crippen LogP contribution in [0.5, 0.6) is 17.2 Å². The lowest BCUT2D eigenvalue weighted by Gasteiger charge is -2.42. The van der Waals surface area contributed by atoms with Crippen molar-refractivity contribution in [3.8, 4) is 17.2 Å². The summed E-state index contributed by atoms with van der Waals surface area (Å²) in [6.07, 6.45) is 2.22. The first-order valence-corrected chi connectivity index (χ1v) is 30.1. The Morgan fingerprint density at radius 3 is 1.92 bits per heavy atom. The highest BCUT2D eigenvalue weighted by Gasteiger charge is 2.48. The van der Waals surface area contributed by atoms with Gasteiger partial charge in [0, 0.05) is 18.0 Å². The number of alkyl carbamates (subject to hydrolysis) is 1. The number of carbonyl (C=O) groups excluding carboxylic acids is 5. The molecule has 4 rings (SSSR count). The number of amides is 5. The summed E-state index contributed by atoms with van der Waals surface area (Å²) in [5.74, 6) is -0.217. The third-order valence-electron chi connectivity index (χ3n) is 13.9. The summed E-state index contributed by atoms with van der Waals surface area (Å²) in [4.78, 5) is 69.1. The molecule has 73 heavy (non-hydrogen) atoms. The van der Waals surface area contributed by atoms with Gasteiger partial charge in [-0.1, -0.05) is 113 Å². The van der Waals surface area contributed by atoms with Gasteiger partial charge in [0.2, 0.25) is 11.8 Å². The van der Waals surface area contributed by atoms with E-state index in [0.717, 1.165) is 16.9 Å². The van der Waals surface area contributed by atoms with E-state index in [2.05, 4.69) is 103 Å². The lowest BCUT2D eigenvalue weighted by molar-refractivity contribution is -0.128. The molecule has 0 aromatic heterocycles. The van der Waals surface area contributed by atoms with Gasteiger partial charge in [-0.3, -0.25) is 19.7 Å². The van der Waals surface area contributed by atoms with Crippen molar-refractivity contribution in [1.29, 1.82) is 0 Å². The van der Waals surface area contributed by atoms with Crippen LogP contribution < -0.4 is 35.2 Å². The molecule has 0 fully saturated rings. The van der Waals surface area contributed by atoms with E-state index in [4.69, 9.17) is 27.8 Å². The molecule has 3 aromatic rings. The van der Waals surface area contributed by atoms with Crippen LogP contribution in [0.3, 0.4) is 0 Å². The molecule has 18 heteroatoms. The molecule has 3 atom stereocenters. The second-order valence-corrected chi connectivity index (χ2v) is 31.5. The number of hydrogen-bond donors (Lipinski definition) is 4. The minimum absolute atomic E-state index is 0.0171. The maximum Gasteiger partial charge on any atom is 0.411 e. The molecule has 3 aromatic carbocycles. The first-order chi connectivity index (χ1) is 34.2. The van der Waals surface area contributed by atoms with Gasteiger partial charge in [-0.25, -0.2) is 9.59 Å². The van der Waals surface area contributed by atoms with E-state index in [0.29, 0.717) is 35.8 Å². The van der Waals surface area contributed by atoms with Gasteiger partial charge < -0.3 is 48.6 Å². The number of nitrogens with zero attached hydrogens (tertiary/aromatic N) is 1. The molecule has 0 spiro atoms. The van der Waals surface area contributed by atoms with Gasteiger partial charge in [-0.15, -0.1) is 0 Å². The molecule has 0 saturated heterocycles. The summed E-state index contributed by atoms with van der Waals surface area (Å²) in [7, 11) is -1.66. The SMILES string of the molecule is C=CCOC(=O)N[C@H](C(=O)N[C@@H](C)C(=O)Nc1ccc(COC(=O)Nc2cc(O[Si](C(C)C)(C(C)C)C(C)C)c(OC)cc2C(=O)N2C=C(c3ccc(OC)cc3)C[C@H]2CO[Si](C)(C)C(C)(C)C)cc1)C(C)C. The van der Waals surface area contributed by atoms with E-state index in [1.807, 2.05) is 30.5 Å². The van der Waals surface area contributed by atoms with Gasteiger partial charge in [-0.2, -0.15) is 0 Å². The van der Waals surface area contributed by atoms with Crippen molar-refractivity contribution >= 4 is 63.5 Å². The van der Waals surface area contributed by atoms with Crippen LogP contribution in [0.1, 0.15) is 111 Å². The highest BCUT2D eigenvalue weighted by molar-refractivity contribution is 6.78. The zero-order valence-corrected chi connectivity index (χ0v) is 47.9. The Hall–Kier alpha value is -6.12. The average molecular weight is 1040 g/mol. The predicted octanol–water partition coefficient (Wildman–Crippen LogP) is 11.7. The predicted molar refractivity (Wildman–Crippen MR) is 293 cm³/mol. The zero-order valence-electron chi connectivity index (χ0n) is 45.9. The zero-order chi connectivity index (χ0) is 54.6. The van der Waals surface area contributed by atoms with E-state index in [9.17, 15) is 19.2 Å². The van der Waals surface area contributed by atoms with Crippen molar-refractivity contribution in [2.24, 2.45) is 5.92 Å². The quantitative estimate of drug-likeness (QED) is 0.0522. The van der Waals surface area contributed by atoms with Crippen molar-refractivity contribution in [3.63, 3.8) is 0 Å². The Balaban J connectivity index is 1.63. The fourth-order valence-electron chi connectivity index (χ4n) is 8.76. The number of nitrogens with one attached hydrogen (secondary N) is 4. The average Bonchev–Trinajstić information content (AvgIpc) is 3.76. The maximum atomic E-state index is 15.2. The Kier molecular flexibility index (Phi) is 20.9. The molecular weight excluding hydrogens is 963 g/mol. The second kappa shape index (κ2) is 25.7. The highest BCUT2D eigenvalue weighted by atomic mass is 28.4. The highest BCUT2D eigenvalue weighted by Crippen LogP contribution is 2.47. The lowest BCUT2D eigenvalue weighted by atomic mass is 10.0.